The standard InChI is InChI=1S/C16H14N2O2S2/c1-3-20-13-6-7-17-12-5-4-10(8-11(12)13)9-14-15(19)18-16(21-2)22-14/h4-9H,3H2,1-2H3/b14-9-. The molecule has 0 bridgehead atoms. The van der Waals surface area contributed by atoms with Crippen molar-refractivity contribution in [1.29, 1.82) is 0 Å². The number of carbonyl (C=O) groups is 1. The van der Waals surface area contributed by atoms with Crippen molar-refractivity contribution in [2.24, 2.45) is 4.99 Å². The van der Waals surface area contributed by atoms with Gasteiger partial charge in [0.25, 0.3) is 5.91 Å². The Morgan fingerprint density at radius 3 is 2.95 bits per heavy atom. The Morgan fingerprint density at radius 2 is 2.23 bits per heavy atom. The van der Waals surface area contributed by atoms with E-state index in [-0.39, 0.29) is 5.91 Å². The summed E-state index contributed by atoms with van der Waals surface area (Å²) in [6, 6.07) is 7.73. The van der Waals surface area contributed by atoms with E-state index >= 15 is 0 Å². The van der Waals surface area contributed by atoms with Crippen LogP contribution in [0, 0.1) is 0 Å². The maximum Gasteiger partial charge on any atom is 0.285 e. The molecule has 0 N–H and O–H groups in total. The average molecular weight is 330 g/mol. The molecule has 0 radical (unpaired) electrons. The second-order valence-electron chi connectivity index (χ2n) is 4.52. The van der Waals surface area contributed by atoms with E-state index < -0.39 is 0 Å². The van der Waals surface area contributed by atoms with E-state index in [9.17, 15) is 4.79 Å². The van der Waals surface area contributed by atoms with Gasteiger partial charge in [0.05, 0.1) is 17.0 Å². The number of nitrogens with zero attached hydrogens (tertiary/aromatic N) is 2. The van der Waals surface area contributed by atoms with Crippen molar-refractivity contribution in [2.45, 2.75) is 6.92 Å². The molecule has 0 fully saturated rings. The van der Waals surface area contributed by atoms with Crippen LogP contribution in [-0.4, -0.2) is 28.1 Å². The lowest BCUT2D eigenvalue weighted by Crippen LogP contribution is -1.93. The predicted octanol–water partition coefficient (Wildman–Crippen LogP) is 3.97. The lowest BCUT2D eigenvalue weighted by molar-refractivity contribution is -0.113. The first-order valence-corrected chi connectivity index (χ1v) is 8.83. The molecule has 2 heterocycles. The van der Waals surface area contributed by atoms with Crippen LogP contribution in [0.15, 0.2) is 40.4 Å². The first-order chi connectivity index (χ1) is 10.7. The smallest absolute Gasteiger partial charge is 0.285 e. The number of hydrogen-bond acceptors (Lipinski definition) is 5. The zero-order valence-electron chi connectivity index (χ0n) is 12.2. The summed E-state index contributed by atoms with van der Waals surface area (Å²) < 4.78 is 6.43. The summed E-state index contributed by atoms with van der Waals surface area (Å²) in [7, 11) is 0. The monoisotopic (exact) mass is 330 g/mol. The highest BCUT2D eigenvalue weighted by Gasteiger charge is 2.21. The summed E-state index contributed by atoms with van der Waals surface area (Å²) in [5.41, 5.74) is 1.81. The van der Waals surface area contributed by atoms with Crippen molar-refractivity contribution >= 4 is 50.8 Å². The first kappa shape index (κ1) is 15.1. The van der Waals surface area contributed by atoms with Crippen molar-refractivity contribution in [2.75, 3.05) is 12.9 Å². The minimum absolute atomic E-state index is 0.175. The molecular formula is C16H14N2O2S2. The molecule has 1 aromatic heterocycles. The third kappa shape index (κ3) is 3.03. The Labute approximate surface area is 137 Å². The van der Waals surface area contributed by atoms with Gasteiger partial charge >= 0.3 is 0 Å². The Balaban J connectivity index is 1.99. The topological polar surface area (TPSA) is 51.6 Å². The summed E-state index contributed by atoms with van der Waals surface area (Å²) in [6.07, 6.45) is 5.51. The molecule has 1 amide bonds. The number of amides is 1. The fourth-order valence-corrected chi connectivity index (χ4v) is 3.56. The molecule has 0 saturated heterocycles. The Kier molecular flexibility index (Phi) is 4.49. The maximum atomic E-state index is 11.9. The van der Waals surface area contributed by atoms with Crippen molar-refractivity contribution in [3.05, 3.63) is 40.9 Å². The predicted molar refractivity (Wildman–Crippen MR) is 94.4 cm³/mol. The minimum Gasteiger partial charge on any atom is -0.493 e. The van der Waals surface area contributed by atoms with Crippen LogP contribution >= 0.6 is 23.5 Å². The summed E-state index contributed by atoms with van der Waals surface area (Å²) >= 11 is 2.89. The van der Waals surface area contributed by atoms with E-state index in [0.29, 0.717) is 11.5 Å². The zero-order chi connectivity index (χ0) is 15.5. The van der Waals surface area contributed by atoms with Crippen molar-refractivity contribution in [1.82, 2.24) is 4.98 Å². The zero-order valence-corrected chi connectivity index (χ0v) is 13.8. The summed E-state index contributed by atoms with van der Waals surface area (Å²) in [4.78, 5) is 20.8. The quantitative estimate of drug-likeness (QED) is 0.797. The van der Waals surface area contributed by atoms with E-state index in [1.54, 1.807) is 6.20 Å². The number of aromatic nitrogens is 1. The Morgan fingerprint density at radius 1 is 1.36 bits per heavy atom. The van der Waals surface area contributed by atoms with Gasteiger partial charge in [-0.15, -0.1) is 11.8 Å². The molecule has 1 aliphatic rings. The lowest BCUT2D eigenvalue weighted by Gasteiger charge is -2.07. The fraction of sp³-hybridized carbons (Fsp3) is 0.188. The van der Waals surface area contributed by atoms with Gasteiger partial charge in [0.1, 0.15) is 10.1 Å². The van der Waals surface area contributed by atoms with Gasteiger partial charge in [0.2, 0.25) is 0 Å². The van der Waals surface area contributed by atoms with Crippen molar-refractivity contribution in [3.63, 3.8) is 0 Å². The van der Waals surface area contributed by atoms with Gasteiger partial charge in [-0.25, -0.2) is 0 Å². The number of rotatable bonds is 3. The molecule has 112 valence electrons. The number of benzene rings is 1. The van der Waals surface area contributed by atoms with Crippen LogP contribution in [0.5, 0.6) is 5.75 Å². The highest BCUT2D eigenvalue weighted by Crippen LogP contribution is 2.33. The Bertz CT molecular complexity index is 800. The second-order valence-corrected chi connectivity index (χ2v) is 6.60. The molecular weight excluding hydrogens is 316 g/mol. The number of fused-ring (bicyclic) bond motifs is 1. The SMILES string of the molecule is CCOc1ccnc2ccc(/C=C3\SC(SC)=NC3=O)cc12. The highest BCUT2D eigenvalue weighted by molar-refractivity contribution is 8.40. The second kappa shape index (κ2) is 6.54. The molecule has 3 rings (SSSR count). The maximum absolute atomic E-state index is 11.9. The van der Waals surface area contributed by atoms with Gasteiger partial charge in [-0.2, -0.15) is 4.99 Å². The van der Waals surface area contributed by atoms with Crippen LogP contribution in [-0.2, 0) is 4.79 Å². The molecule has 0 spiro atoms. The van der Waals surface area contributed by atoms with Crippen LogP contribution in [0.3, 0.4) is 0 Å². The summed E-state index contributed by atoms with van der Waals surface area (Å²) in [5, 5.41) is 0.945. The molecule has 0 aliphatic carbocycles. The van der Waals surface area contributed by atoms with E-state index in [1.807, 2.05) is 43.5 Å². The van der Waals surface area contributed by atoms with Crippen molar-refractivity contribution in [3.8, 4) is 5.75 Å². The van der Waals surface area contributed by atoms with Crippen LogP contribution in [0.1, 0.15) is 12.5 Å². The normalized spacial score (nSPS) is 16.4. The van der Waals surface area contributed by atoms with Gasteiger partial charge in [-0.1, -0.05) is 17.8 Å². The fourth-order valence-electron chi connectivity index (χ4n) is 2.14. The van der Waals surface area contributed by atoms with Gasteiger partial charge in [0, 0.05) is 11.6 Å². The molecule has 2 aromatic rings. The van der Waals surface area contributed by atoms with E-state index in [0.717, 1.165) is 26.6 Å². The number of thioether (sulfide) groups is 2. The minimum atomic E-state index is -0.175. The molecule has 1 aliphatic heterocycles. The van der Waals surface area contributed by atoms with E-state index in [4.69, 9.17) is 4.74 Å². The number of carbonyl (C=O) groups excluding carboxylic acids is 1. The lowest BCUT2D eigenvalue weighted by atomic mass is 10.1. The van der Waals surface area contributed by atoms with Crippen LogP contribution in [0.4, 0.5) is 0 Å². The first-order valence-electron chi connectivity index (χ1n) is 6.79. The van der Waals surface area contributed by atoms with Crippen molar-refractivity contribution < 1.29 is 9.53 Å². The van der Waals surface area contributed by atoms with Crippen LogP contribution < -0.4 is 4.74 Å². The molecule has 6 heteroatoms. The molecule has 1 aromatic carbocycles. The molecule has 0 atom stereocenters. The van der Waals surface area contributed by atoms with Gasteiger partial charge in [-0.3, -0.25) is 9.78 Å². The number of hydrogen-bond donors (Lipinski definition) is 0. The molecule has 0 unspecified atom stereocenters. The Hall–Kier alpha value is -1.79. The largest absolute Gasteiger partial charge is 0.493 e. The van der Waals surface area contributed by atoms with E-state index in [1.165, 1.54) is 23.5 Å². The average Bonchev–Trinajstić information content (AvgIpc) is 2.88. The van der Waals surface area contributed by atoms with Crippen LogP contribution in [0.25, 0.3) is 17.0 Å². The number of ether oxygens (including phenoxy) is 1. The summed E-state index contributed by atoms with van der Waals surface area (Å²) in [5.74, 6) is 0.630. The number of aliphatic imine (C=N–C) groups is 1. The van der Waals surface area contributed by atoms with Gasteiger partial charge < -0.3 is 4.74 Å². The van der Waals surface area contributed by atoms with Gasteiger partial charge in [-0.05, 0) is 43.0 Å². The van der Waals surface area contributed by atoms with E-state index in [2.05, 4.69) is 9.98 Å². The molecule has 4 nitrogen and oxygen atoms in total. The van der Waals surface area contributed by atoms with Gasteiger partial charge in [0.15, 0.2) is 0 Å². The van der Waals surface area contributed by atoms with Crippen LogP contribution in [0.2, 0.25) is 0 Å². The third-order valence-corrected chi connectivity index (χ3v) is 5.07. The number of pyridine rings is 1. The third-order valence-electron chi connectivity index (χ3n) is 3.10. The molecule has 22 heavy (non-hydrogen) atoms. The molecule has 0 saturated carbocycles. The highest BCUT2D eigenvalue weighted by atomic mass is 32.2. The summed E-state index contributed by atoms with van der Waals surface area (Å²) in [6.45, 7) is 2.55.